The monoisotopic (exact) mass is 418 g/mol. The van der Waals surface area contributed by atoms with Gasteiger partial charge in [-0.2, -0.15) is 0 Å². The molecule has 2 aromatic heterocycles. The Morgan fingerprint density at radius 3 is 2.47 bits per heavy atom. The number of hydrogen-bond acceptors (Lipinski definition) is 2. The first-order valence-electron chi connectivity index (χ1n) is 10.6. The summed E-state index contributed by atoms with van der Waals surface area (Å²) < 4.78 is 2.38. The maximum absolute atomic E-state index is 5.77. The topological polar surface area (TPSA) is 33.1 Å². The number of rotatable bonds is 4. The van der Waals surface area contributed by atoms with E-state index in [0.29, 0.717) is 0 Å². The average Bonchev–Trinajstić information content (AvgIpc) is 3.20. The highest BCUT2D eigenvalue weighted by Gasteiger charge is 2.42. The van der Waals surface area contributed by atoms with E-state index in [9.17, 15) is 0 Å². The van der Waals surface area contributed by atoms with Crippen molar-refractivity contribution in [3.63, 3.8) is 0 Å². The van der Waals surface area contributed by atoms with Crippen molar-refractivity contribution < 1.29 is 0 Å². The lowest BCUT2D eigenvalue weighted by atomic mass is 9.96. The zero-order chi connectivity index (χ0) is 21.6. The van der Waals surface area contributed by atoms with Gasteiger partial charge in [0.05, 0.1) is 17.8 Å². The van der Waals surface area contributed by atoms with Gasteiger partial charge < -0.3 is 14.8 Å². The number of nitrogens with one attached hydrogen (secondary N) is 1. The fraction of sp³-hybridized carbons (Fsp3) is 0.360. The van der Waals surface area contributed by atoms with E-state index in [4.69, 9.17) is 12.2 Å². The lowest BCUT2D eigenvalue weighted by Gasteiger charge is -2.31. The van der Waals surface area contributed by atoms with E-state index in [1.165, 1.54) is 33.8 Å². The number of benzene rings is 1. The van der Waals surface area contributed by atoms with Gasteiger partial charge >= 0.3 is 0 Å². The van der Waals surface area contributed by atoms with Crippen LogP contribution in [0.25, 0.3) is 5.69 Å². The number of thiocarbonyl (C=S) groups is 1. The van der Waals surface area contributed by atoms with Crippen LogP contribution in [0.1, 0.15) is 59.7 Å². The quantitative estimate of drug-likeness (QED) is 0.568. The largest absolute Gasteiger partial charge is 0.352 e. The molecule has 0 amide bonds. The van der Waals surface area contributed by atoms with Crippen LogP contribution in [0.3, 0.4) is 0 Å². The molecule has 1 fully saturated rings. The molecule has 1 aliphatic heterocycles. The van der Waals surface area contributed by atoms with Crippen molar-refractivity contribution in [2.24, 2.45) is 0 Å². The van der Waals surface area contributed by atoms with Crippen molar-refractivity contribution in [2.75, 3.05) is 0 Å². The Hall–Kier alpha value is -2.66. The molecule has 5 heteroatoms. The van der Waals surface area contributed by atoms with E-state index in [2.05, 4.69) is 91.6 Å². The molecule has 1 aromatic carbocycles. The van der Waals surface area contributed by atoms with Crippen LogP contribution in [0.5, 0.6) is 0 Å². The summed E-state index contributed by atoms with van der Waals surface area (Å²) in [6.07, 6.45) is 1.86. The molecule has 4 rings (SSSR count). The fourth-order valence-electron chi connectivity index (χ4n) is 4.67. The summed E-state index contributed by atoms with van der Waals surface area (Å²) in [5, 5.41) is 4.35. The zero-order valence-corrected chi connectivity index (χ0v) is 19.4. The molecule has 1 aliphatic rings. The minimum atomic E-state index is 0.0219. The van der Waals surface area contributed by atoms with Crippen LogP contribution in [0.4, 0.5) is 0 Å². The Kier molecular flexibility index (Phi) is 5.41. The molecular weight excluding hydrogens is 388 g/mol. The van der Waals surface area contributed by atoms with E-state index < -0.39 is 0 Å². The van der Waals surface area contributed by atoms with Gasteiger partial charge in [0.2, 0.25) is 0 Å². The molecule has 1 saturated heterocycles. The molecule has 30 heavy (non-hydrogen) atoms. The minimum absolute atomic E-state index is 0.0219. The first-order chi connectivity index (χ1) is 14.3. The Morgan fingerprint density at radius 1 is 1.03 bits per heavy atom. The van der Waals surface area contributed by atoms with Gasteiger partial charge in [0, 0.05) is 29.3 Å². The summed E-state index contributed by atoms with van der Waals surface area (Å²) in [6.45, 7) is 13.1. The third-order valence-corrected chi connectivity index (χ3v) is 6.41. The first-order valence-corrected chi connectivity index (χ1v) is 11.0. The Bertz CT molecular complexity index is 1080. The molecule has 0 spiro atoms. The van der Waals surface area contributed by atoms with Gasteiger partial charge in [-0.05, 0) is 94.7 Å². The van der Waals surface area contributed by atoms with Gasteiger partial charge in [0.15, 0.2) is 5.11 Å². The van der Waals surface area contributed by atoms with Gasteiger partial charge in [0.25, 0.3) is 0 Å². The highest BCUT2D eigenvalue weighted by molar-refractivity contribution is 7.80. The van der Waals surface area contributed by atoms with Crippen LogP contribution in [-0.2, 0) is 0 Å². The second-order valence-corrected chi connectivity index (χ2v) is 8.97. The zero-order valence-electron chi connectivity index (χ0n) is 18.6. The smallest absolute Gasteiger partial charge is 0.170 e. The van der Waals surface area contributed by atoms with Crippen LogP contribution >= 0.6 is 12.2 Å². The molecule has 2 atom stereocenters. The summed E-state index contributed by atoms with van der Waals surface area (Å²) >= 11 is 5.77. The van der Waals surface area contributed by atoms with Crippen molar-refractivity contribution >= 4 is 17.3 Å². The second-order valence-electron chi connectivity index (χ2n) is 8.58. The molecule has 0 unspecified atom stereocenters. The lowest BCUT2D eigenvalue weighted by Crippen LogP contribution is -2.35. The molecule has 156 valence electrons. The van der Waals surface area contributed by atoms with Gasteiger partial charge in [-0.1, -0.05) is 18.2 Å². The van der Waals surface area contributed by atoms with Crippen LogP contribution in [0.2, 0.25) is 0 Å². The summed E-state index contributed by atoms with van der Waals surface area (Å²) in [6, 6.07) is 15.5. The van der Waals surface area contributed by atoms with Crippen molar-refractivity contribution in [2.45, 2.75) is 59.7 Å². The van der Waals surface area contributed by atoms with Gasteiger partial charge in [-0.25, -0.2) is 0 Å². The number of nitrogens with zero attached hydrogens (tertiary/aromatic N) is 3. The van der Waals surface area contributed by atoms with E-state index in [-0.39, 0.29) is 18.1 Å². The van der Waals surface area contributed by atoms with E-state index in [0.717, 1.165) is 10.8 Å². The molecule has 0 bridgehead atoms. The maximum Gasteiger partial charge on any atom is 0.170 e. The predicted octanol–water partition coefficient (Wildman–Crippen LogP) is 5.49. The highest BCUT2D eigenvalue weighted by atomic mass is 32.1. The van der Waals surface area contributed by atoms with Crippen molar-refractivity contribution in [1.29, 1.82) is 0 Å². The Labute approximate surface area is 184 Å². The van der Waals surface area contributed by atoms with Crippen LogP contribution in [0.15, 0.2) is 48.7 Å². The average molecular weight is 419 g/mol. The standard InChI is InChI=1S/C25H30N4S/c1-15(2)28-24(23(27-25(28)30)21-9-7-8-12-26-21)20-14-18(5)29(19(20)6)22-13-16(3)10-11-17(22)4/h7-15,23-24H,1-6H3,(H,27,30)/t23-,24+/m0/s1. The molecule has 3 heterocycles. The molecule has 1 N–H and O–H groups in total. The molecule has 0 saturated carbocycles. The van der Waals surface area contributed by atoms with Crippen LogP contribution in [-0.4, -0.2) is 25.6 Å². The van der Waals surface area contributed by atoms with Crippen molar-refractivity contribution in [1.82, 2.24) is 19.8 Å². The van der Waals surface area contributed by atoms with E-state index in [1.54, 1.807) is 0 Å². The highest BCUT2D eigenvalue weighted by Crippen LogP contribution is 2.42. The third kappa shape index (κ3) is 3.41. The van der Waals surface area contributed by atoms with E-state index >= 15 is 0 Å². The summed E-state index contributed by atoms with van der Waals surface area (Å²) in [5.41, 5.74) is 8.59. The van der Waals surface area contributed by atoms with Crippen LogP contribution < -0.4 is 5.32 Å². The number of aromatic nitrogens is 2. The molecule has 0 radical (unpaired) electrons. The molecule has 0 aliphatic carbocycles. The number of hydrogen-bond donors (Lipinski definition) is 1. The second kappa shape index (κ2) is 7.88. The lowest BCUT2D eigenvalue weighted by molar-refractivity contribution is 0.269. The van der Waals surface area contributed by atoms with E-state index in [1.807, 2.05) is 18.3 Å². The van der Waals surface area contributed by atoms with Gasteiger partial charge in [0.1, 0.15) is 0 Å². The molecule has 3 aromatic rings. The van der Waals surface area contributed by atoms with Crippen molar-refractivity contribution in [3.05, 3.63) is 82.4 Å². The first kappa shape index (κ1) is 20.6. The Balaban J connectivity index is 1.88. The normalized spacial score (nSPS) is 18.9. The molecular formula is C25H30N4S. The van der Waals surface area contributed by atoms with Crippen molar-refractivity contribution in [3.8, 4) is 5.69 Å². The fourth-order valence-corrected chi connectivity index (χ4v) is 5.12. The third-order valence-electron chi connectivity index (χ3n) is 6.09. The number of pyridine rings is 1. The van der Waals surface area contributed by atoms with Crippen LogP contribution in [0, 0.1) is 27.7 Å². The Morgan fingerprint density at radius 2 is 1.80 bits per heavy atom. The summed E-state index contributed by atoms with van der Waals surface area (Å²) in [4.78, 5) is 6.98. The number of aryl methyl sites for hydroxylation is 3. The molecule has 4 nitrogen and oxygen atoms in total. The van der Waals surface area contributed by atoms with Gasteiger partial charge in [-0.3, -0.25) is 4.98 Å². The SMILES string of the molecule is Cc1ccc(C)c(-n2c(C)cc([C@@H]3[C@H](c4ccccn4)NC(=S)N3C(C)C)c2C)c1. The maximum atomic E-state index is 5.77. The summed E-state index contributed by atoms with van der Waals surface area (Å²) in [5.74, 6) is 0. The van der Waals surface area contributed by atoms with Gasteiger partial charge in [-0.15, -0.1) is 0 Å². The predicted molar refractivity (Wildman–Crippen MR) is 127 cm³/mol. The minimum Gasteiger partial charge on any atom is -0.352 e. The summed E-state index contributed by atoms with van der Waals surface area (Å²) in [7, 11) is 0.